The Morgan fingerprint density at radius 3 is 2.41 bits per heavy atom. The summed E-state index contributed by atoms with van der Waals surface area (Å²) >= 11 is 6.29. The highest BCUT2D eigenvalue weighted by Crippen LogP contribution is 2.56. The molecule has 2 bridgehead atoms. The van der Waals surface area contributed by atoms with Crippen LogP contribution in [0.5, 0.6) is 0 Å². The lowest BCUT2D eigenvalue weighted by Crippen LogP contribution is -2.52. The van der Waals surface area contributed by atoms with Gasteiger partial charge in [0.2, 0.25) is 0 Å². The molecular weight excluding hydrogens is 550 g/mol. The molecule has 1 aromatic heterocycles. The molecule has 1 unspecified atom stereocenters. The molecule has 0 radical (unpaired) electrons. The third-order valence-electron chi connectivity index (χ3n) is 8.01. The Morgan fingerprint density at radius 1 is 1.08 bits per heavy atom. The molecule has 206 valence electrons. The molecule has 5 atom stereocenters. The number of hydrogen-bond donors (Lipinski definition) is 3. The number of aromatic nitrogens is 1. The SMILES string of the molecule is Cc1cccc([C@@H](O)[C@@]2(O)C3CC[C@H]2C[C@H](S(=O)(=O)c2cc(C(=O)Nc4ccc(F)c(F)c4)ccc2Cl)C3)n1. The third kappa shape index (κ3) is 4.95. The summed E-state index contributed by atoms with van der Waals surface area (Å²) in [6.07, 6.45) is 0.0751. The zero-order valence-electron chi connectivity index (χ0n) is 20.9. The monoisotopic (exact) mass is 576 g/mol. The highest BCUT2D eigenvalue weighted by Gasteiger charge is 2.59. The van der Waals surface area contributed by atoms with Crippen LogP contribution in [0.4, 0.5) is 14.5 Å². The minimum absolute atomic E-state index is 0.00283. The summed E-state index contributed by atoms with van der Waals surface area (Å²) in [5.74, 6) is -3.88. The number of nitrogens with one attached hydrogen (secondary N) is 1. The van der Waals surface area contributed by atoms with E-state index in [0.29, 0.717) is 24.2 Å². The molecule has 2 fully saturated rings. The smallest absolute Gasteiger partial charge is 0.255 e. The average Bonchev–Trinajstić information content (AvgIpc) is 3.05. The zero-order valence-corrected chi connectivity index (χ0v) is 22.5. The quantitative estimate of drug-likeness (QED) is 0.380. The molecule has 0 spiro atoms. The van der Waals surface area contributed by atoms with E-state index in [9.17, 15) is 32.2 Å². The van der Waals surface area contributed by atoms with E-state index in [1.807, 2.05) is 0 Å². The molecule has 2 aliphatic rings. The number of nitrogens with zero attached hydrogens (tertiary/aromatic N) is 1. The number of amides is 1. The van der Waals surface area contributed by atoms with E-state index >= 15 is 0 Å². The number of sulfone groups is 1. The van der Waals surface area contributed by atoms with Gasteiger partial charge < -0.3 is 15.5 Å². The molecule has 5 rings (SSSR count). The molecule has 3 N–H and O–H groups in total. The second-order valence-corrected chi connectivity index (χ2v) is 12.9. The number of carbonyl (C=O) groups excluding carboxylic acids is 1. The number of aliphatic hydroxyl groups is 2. The van der Waals surface area contributed by atoms with E-state index < -0.39 is 56.2 Å². The number of rotatable bonds is 6. The standard InChI is InChI=1S/C28H27ClF2N2O5S/c1-15-3-2-4-24(32-15)26(34)28(36)17-6-7-18(28)13-20(12-17)39(37,38)25-11-16(5-9-21(25)29)27(35)33-19-8-10-22(30)23(31)14-19/h2-5,8-11,14,17-18,20,26,34,36H,6-7,12-13H2,1H3,(H,33,35)/t17-,18?,20-,26+,28-/m0/s1. The molecule has 2 aliphatic carbocycles. The van der Waals surface area contributed by atoms with Crippen LogP contribution in [0.15, 0.2) is 59.5 Å². The fourth-order valence-electron chi connectivity index (χ4n) is 6.01. The van der Waals surface area contributed by atoms with E-state index in [1.165, 1.54) is 24.3 Å². The van der Waals surface area contributed by atoms with Gasteiger partial charge in [-0.2, -0.15) is 0 Å². The van der Waals surface area contributed by atoms with Crippen molar-refractivity contribution in [3.8, 4) is 0 Å². The summed E-state index contributed by atoms with van der Waals surface area (Å²) < 4.78 is 54.3. The van der Waals surface area contributed by atoms with Gasteiger partial charge in [0.15, 0.2) is 21.5 Å². The highest BCUT2D eigenvalue weighted by molar-refractivity contribution is 7.92. The number of carbonyl (C=O) groups is 1. The van der Waals surface area contributed by atoms with Crippen molar-refractivity contribution < 1.29 is 32.2 Å². The lowest BCUT2D eigenvalue weighted by atomic mass is 9.70. The topological polar surface area (TPSA) is 117 Å². The Labute approximate surface area is 229 Å². The molecule has 11 heteroatoms. The van der Waals surface area contributed by atoms with Crippen LogP contribution in [0.25, 0.3) is 0 Å². The van der Waals surface area contributed by atoms with Gasteiger partial charge in [-0.25, -0.2) is 17.2 Å². The Bertz CT molecular complexity index is 1540. The normalized spacial score (nSPS) is 25.3. The van der Waals surface area contributed by atoms with Crippen LogP contribution in [0.2, 0.25) is 5.02 Å². The number of halogens is 3. The van der Waals surface area contributed by atoms with Gasteiger partial charge in [-0.3, -0.25) is 9.78 Å². The summed E-state index contributed by atoms with van der Waals surface area (Å²) in [7, 11) is -4.04. The van der Waals surface area contributed by atoms with Crippen LogP contribution < -0.4 is 5.32 Å². The lowest BCUT2D eigenvalue weighted by molar-refractivity contribution is -0.145. The maximum Gasteiger partial charge on any atom is 0.255 e. The molecule has 1 heterocycles. The fraction of sp³-hybridized carbons (Fsp3) is 0.357. The van der Waals surface area contributed by atoms with E-state index in [-0.39, 0.29) is 34.0 Å². The maximum absolute atomic E-state index is 13.8. The van der Waals surface area contributed by atoms with E-state index in [2.05, 4.69) is 10.3 Å². The number of hydrogen-bond acceptors (Lipinski definition) is 6. The number of aryl methyl sites for hydroxylation is 1. The van der Waals surface area contributed by atoms with Gasteiger partial charge in [-0.15, -0.1) is 0 Å². The minimum Gasteiger partial charge on any atom is -0.386 e. The Kier molecular flexibility index (Phi) is 7.26. The van der Waals surface area contributed by atoms with Crippen LogP contribution in [-0.2, 0) is 9.84 Å². The van der Waals surface area contributed by atoms with Crippen molar-refractivity contribution in [2.75, 3.05) is 5.32 Å². The summed E-state index contributed by atoms with van der Waals surface area (Å²) in [6, 6.07) is 11.9. The Hall–Kier alpha value is -2.92. The van der Waals surface area contributed by atoms with Gasteiger partial charge in [0.05, 0.1) is 20.9 Å². The molecular formula is C28H27ClF2N2O5S. The van der Waals surface area contributed by atoms with Gasteiger partial charge in [-0.1, -0.05) is 17.7 Å². The first-order valence-corrected chi connectivity index (χ1v) is 14.5. The maximum atomic E-state index is 13.8. The highest BCUT2D eigenvalue weighted by atomic mass is 35.5. The predicted octanol–water partition coefficient (Wildman–Crippen LogP) is 5.00. The van der Waals surface area contributed by atoms with Crippen molar-refractivity contribution in [3.05, 3.63) is 88.2 Å². The van der Waals surface area contributed by atoms with Gasteiger partial charge in [0, 0.05) is 23.0 Å². The summed E-state index contributed by atoms with van der Waals surface area (Å²) in [5, 5.41) is 24.3. The molecule has 0 aliphatic heterocycles. The molecule has 7 nitrogen and oxygen atoms in total. The van der Waals surface area contributed by atoms with Crippen molar-refractivity contribution in [1.29, 1.82) is 0 Å². The number of aliphatic hydroxyl groups excluding tert-OH is 1. The largest absolute Gasteiger partial charge is 0.386 e. The van der Waals surface area contributed by atoms with Gasteiger partial charge in [0.1, 0.15) is 11.7 Å². The number of anilines is 1. The molecule has 0 saturated heterocycles. The second kappa shape index (κ2) is 10.2. The van der Waals surface area contributed by atoms with E-state index in [4.69, 9.17) is 11.6 Å². The van der Waals surface area contributed by atoms with E-state index in [0.717, 1.165) is 12.1 Å². The van der Waals surface area contributed by atoms with Crippen molar-refractivity contribution in [2.24, 2.45) is 11.8 Å². The first-order chi connectivity index (χ1) is 18.4. The van der Waals surface area contributed by atoms with Crippen molar-refractivity contribution in [2.45, 2.75) is 54.5 Å². The first kappa shape index (κ1) is 27.6. The number of pyridine rings is 1. The van der Waals surface area contributed by atoms with Gasteiger partial charge >= 0.3 is 0 Å². The number of benzene rings is 2. The second-order valence-electron chi connectivity index (χ2n) is 10.3. The summed E-state index contributed by atoms with van der Waals surface area (Å²) in [4.78, 5) is 16.9. The van der Waals surface area contributed by atoms with Crippen LogP contribution >= 0.6 is 11.6 Å². The molecule has 1 amide bonds. The van der Waals surface area contributed by atoms with Crippen molar-refractivity contribution in [3.63, 3.8) is 0 Å². The molecule has 3 aromatic rings. The van der Waals surface area contributed by atoms with Gasteiger partial charge in [-0.05, 0) is 86.9 Å². The Balaban J connectivity index is 1.39. The van der Waals surface area contributed by atoms with Crippen LogP contribution in [0.3, 0.4) is 0 Å². The predicted molar refractivity (Wildman–Crippen MR) is 141 cm³/mol. The third-order valence-corrected chi connectivity index (χ3v) is 10.7. The van der Waals surface area contributed by atoms with E-state index in [1.54, 1.807) is 25.1 Å². The molecule has 39 heavy (non-hydrogen) atoms. The summed E-state index contributed by atoms with van der Waals surface area (Å²) in [6.45, 7) is 1.79. The van der Waals surface area contributed by atoms with Crippen molar-refractivity contribution in [1.82, 2.24) is 4.98 Å². The minimum atomic E-state index is -4.04. The molecule has 2 saturated carbocycles. The first-order valence-electron chi connectivity index (χ1n) is 12.5. The average molecular weight is 577 g/mol. The number of fused-ring (bicyclic) bond motifs is 2. The lowest BCUT2D eigenvalue weighted by Gasteiger charge is -2.45. The van der Waals surface area contributed by atoms with Crippen LogP contribution in [0, 0.1) is 30.4 Å². The Morgan fingerprint density at radius 2 is 1.77 bits per heavy atom. The fourth-order valence-corrected chi connectivity index (χ4v) is 8.42. The van der Waals surface area contributed by atoms with Crippen molar-refractivity contribution >= 4 is 33.0 Å². The van der Waals surface area contributed by atoms with Gasteiger partial charge in [0.25, 0.3) is 5.91 Å². The van der Waals surface area contributed by atoms with Crippen LogP contribution in [0.1, 0.15) is 53.5 Å². The zero-order chi connectivity index (χ0) is 28.1. The summed E-state index contributed by atoms with van der Waals surface area (Å²) in [5.41, 5.74) is -0.495. The van der Waals surface area contributed by atoms with Crippen LogP contribution in [-0.4, -0.2) is 40.4 Å². The molecule has 2 aromatic carbocycles.